The Balaban J connectivity index is 2.13. The summed E-state index contributed by atoms with van der Waals surface area (Å²) < 4.78 is 1.89. The monoisotopic (exact) mass is 390 g/mol. The molecule has 2 rings (SSSR count). The summed E-state index contributed by atoms with van der Waals surface area (Å²) in [7, 11) is 1.67. The largest absolute Gasteiger partial charge is 0.358 e. The standard InChI is InChI=1S/C12H16Br2N4O/c1-15-12(19)11-6-16-2-3-18(11)7-10-9(14)4-8(13)5-17-10/h4-5,11,16H,2-3,6-7H2,1H3,(H,15,19). The van der Waals surface area contributed by atoms with Gasteiger partial charge in [0.25, 0.3) is 0 Å². The molecule has 0 aliphatic carbocycles. The second kappa shape index (κ2) is 6.78. The average molecular weight is 392 g/mol. The summed E-state index contributed by atoms with van der Waals surface area (Å²) >= 11 is 6.90. The van der Waals surface area contributed by atoms with Crippen molar-refractivity contribution < 1.29 is 4.79 Å². The fraction of sp³-hybridized carbons (Fsp3) is 0.500. The summed E-state index contributed by atoms with van der Waals surface area (Å²) in [5, 5.41) is 5.96. The Morgan fingerprint density at radius 3 is 3.11 bits per heavy atom. The highest BCUT2D eigenvalue weighted by Gasteiger charge is 2.28. The molecule has 2 N–H and O–H groups in total. The van der Waals surface area contributed by atoms with Gasteiger partial charge in [-0.15, -0.1) is 0 Å². The van der Waals surface area contributed by atoms with E-state index in [1.54, 1.807) is 13.2 Å². The minimum atomic E-state index is -0.143. The highest BCUT2D eigenvalue weighted by Crippen LogP contribution is 2.21. The van der Waals surface area contributed by atoms with Crippen LogP contribution in [0.4, 0.5) is 0 Å². The van der Waals surface area contributed by atoms with Crippen LogP contribution < -0.4 is 10.6 Å². The van der Waals surface area contributed by atoms with Crippen LogP contribution in [0.25, 0.3) is 0 Å². The van der Waals surface area contributed by atoms with Crippen molar-refractivity contribution in [2.45, 2.75) is 12.6 Å². The number of hydrogen-bond acceptors (Lipinski definition) is 4. The number of aromatic nitrogens is 1. The summed E-state index contributed by atoms with van der Waals surface area (Å²) in [5.41, 5.74) is 0.944. The van der Waals surface area contributed by atoms with Crippen LogP contribution in [0.3, 0.4) is 0 Å². The van der Waals surface area contributed by atoms with E-state index in [-0.39, 0.29) is 11.9 Å². The van der Waals surface area contributed by atoms with Gasteiger partial charge in [0, 0.05) is 48.4 Å². The van der Waals surface area contributed by atoms with Crippen molar-refractivity contribution in [3.63, 3.8) is 0 Å². The van der Waals surface area contributed by atoms with Crippen LogP contribution in [0.1, 0.15) is 5.69 Å². The molecule has 0 radical (unpaired) electrons. The van der Waals surface area contributed by atoms with Crippen molar-refractivity contribution in [3.05, 3.63) is 26.9 Å². The third-order valence-corrected chi connectivity index (χ3v) is 4.26. The highest BCUT2D eigenvalue weighted by atomic mass is 79.9. The normalized spacial score (nSPS) is 20.3. The number of amides is 1. The first-order chi connectivity index (χ1) is 9.11. The second-order valence-corrected chi connectivity index (χ2v) is 6.16. The molecule has 1 atom stereocenters. The first kappa shape index (κ1) is 14.9. The van der Waals surface area contributed by atoms with Crippen LogP contribution in [0.5, 0.6) is 0 Å². The molecule has 1 aromatic heterocycles. The summed E-state index contributed by atoms with van der Waals surface area (Å²) in [6.45, 7) is 3.06. The maximum absolute atomic E-state index is 11.9. The van der Waals surface area contributed by atoms with E-state index < -0.39 is 0 Å². The zero-order valence-electron chi connectivity index (χ0n) is 10.6. The zero-order chi connectivity index (χ0) is 13.8. The maximum Gasteiger partial charge on any atom is 0.238 e. The molecule has 0 bridgehead atoms. The number of likely N-dealkylation sites (N-methyl/N-ethyl adjacent to an activating group) is 1. The molecule has 1 aliphatic rings. The lowest BCUT2D eigenvalue weighted by Gasteiger charge is -2.34. The van der Waals surface area contributed by atoms with Crippen LogP contribution >= 0.6 is 31.9 Å². The van der Waals surface area contributed by atoms with Crippen LogP contribution in [0.15, 0.2) is 21.2 Å². The van der Waals surface area contributed by atoms with Gasteiger partial charge in [-0.1, -0.05) is 0 Å². The number of piperazine rings is 1. The Bertz CT molecular complexity index is 469. The molecule has 1 aliphatic heterocycles. The molecule has 1 saturated heterocycles. The third-order valence-electron chi connectivity index (χ3n) is 3.14. The molecular weight excluding hydrogens is 376 g/mol. The Labute approximate surface area is 129 Å². The van der Waals surface area contributed by atoms with Crippen molar-refractivity contribution in [1.29, 1.82) is 0 Å². The fourth-order valence-electron chi connectivity index (χ4n) is 2.11. The minimum Gasteiger partial charge on any atom is -0.358 e. The van der Waals surface area contributed by atoms with Gasteiger partial charge >= 0.3 is 0 Å². The van der Waals surface area contributed by atoms with Gasteiger partial charge in [0.1, 0.15) is 6.04 Å². The van der Waals surface area contributed by atoms with Gasteiger partial charge in [0.2, 0.25) is 5.91 Å². The number of nitrogens with one attached hydrogen (secondary N) is 2. The Hall–Kier alpha value is -0.500. The maximum atomic E-state index is 11.9. The summed E-state index contributed by atoms with van der Waals surface area (Å²) in [6.07, 6.45) is 1.77. The van der Waals surface area contributed by atoms with E-state index in [0.29, 0.717) is 13.1 Å². The van der Waals surface area contributed by atoms with Crippen molar-refractivity contribution in [2.75, 3.05) is 26.7 Å². The number of pyridine rings is 1. The number of hydrogen-bond donors (Lipinski definition) is 2. The van der Waals surface area contributed by atoms with E-state index in [4.69, 9.17) is 0 Å². The predicted octanol–water partition coefficient (Wildman–Crippen LogP) is 1.13. The number of carbonyl (C=O) groups is 1. The first-order valence-corrected chi connectivity index (χ1v) is 7.66. The number of rotatable bonds is 3. The number of carbonyl (C=O) groups excluding carboxylic acids is 1. The molecule has 0 spiro atoms. The lowest BCUT2D eigenvalue weighted by Crippen LogP contribution is -2.57. The van der Waals surface area contributed by atoms with Gasteiger partial charge in [0.05, 0.1) is 5.69 Å². The molecular formula is C12H16Br2N4O. The predicted molar refractivity (Wildman–Crippen MR) is 80.8 cm³/mol. The third kappa shape index (κ3) is 3.75. The molecule has 1 amide bonds. The summed E-state index contributed by atoms with van der Waals surface area (Å²) in [6, 6.07) is 1.83. The Morgan fingerprint density at radius 1 is 1.63 bits per heavy atom. The molecule has 5 nitrogen and oxygen atoms in total. The molecule has 1 aromatic rings. The quantitative estimate of drug-likeness (QED) is 0.810. The Morgan fingerprint density at radius 2 is 2.42 bits per heavy atom. The van der Waals surface area contributed by atoms with Crippen molar-refractivity contribution >= 4 is 37.8 Å². The van der Waals surface area contributed by atoms with Gasteiger partial charge in [-0.2, -0.15) is 0 Å². The fourth-order valence-corrected chi connectivity index (χ4v) is 3.23. The van der Waals surface area contributed by atoms with Crippen LogP contribution in [0.2, 0.25) is 0 Å². The van der Waals surface area contributed by atoms with Crippen LogP contribution in [-0.4, -0.2) is 48.5 Å². The van der Waals surface area contributed by atoms with E-state index in [0.717, 1.165) is 27.7 Å². The van der Waals surface area contributed by atoms with Crippen LogP contribution in [-0.2, 0) is 11.3 Å². The van der Waals surface area contributed by atoms with Crippen molar-refractivity contribution in [1.82, 2.24) is 20.5 Å². The minimum absolute atomic E-state index is 0.0421. The topological polar surface area (TPSA) is 57.3 Å². The molecule has 1 fully saturated rings. The van der Waals surface area contributed by atoms with Crippen LogP contribution in [0, 0.1) is 0 Å². The summed E-state index contributed by atoms with van der Waals surface area (Å²) in [4.78, 5) is 18.4. The van der Waals surface area contributed by atoms with E-state index in [1.807, 2.05) is 6.07 Å². The molecule has 7 heteroatoms. The van der Waals surface area contributed by atoms with Gasteiger partial charge in [0.15, 0.2) is 0 Å². The van der Waals surface area contributed by atoms with Gasteiger partial charge in [-0.05, 0) is 37.9 Å². The first-order valence-electron chi connectivity index (χ1n) is 6.08. The van der Waals surface area contributed by atoms with E-state index >= 15 is 0 Å². The second-order valence-electron chi connectivity index (χ2n) is 4.39. The molecule has 0 aromatic carbocycles. The highest BCUT2D eigenvalue weighted by molar-refractivity contribution is 9.11. The van der Waals surface area contributed by atoms with E-state index in [9.17, 15) is 4.79 Å². The summed E-state index contributed by atoms with van der Waals surface area (Å²) in [5.74, 6) is 0.0421. The molecule has 104 valence electrons. The SMILES string of the molecule is CNC(=O)C1CNCCN1Cc1ncc(Br)cc1Br. The lowest BCUT2D eigenvalue weighted by molar-refractivity contribution is -0.126. The zero-order valence-corrected chi connectivity index (χ0v) is 13.8. The van der Waals surface area contributed by atoms with Crippen molar-refractivity contribution in [3.8, 4) is 0 Å². The van der Waals surface area contributed by atoms with Gasteiger partial charge in [-0.3, -0.25) is 14.7 Å². The average Bonchev–Trinajstić information content (AvgIpc) is 2.41. The molecule has 2 heterocycles. The number of halogens is 2. The molecule has 1 unspecified atom stereocenters. The van der Waals surface area contributed by atoms with Gasteiger partial charge < -0.3 is 10.6 Å². The molecule has 19 heavy (non-hydrogen) atoms. The lowest BCUT2D eigenvalue weighted by atomic mass is 10.1. The smallest absolute Gasteiger partial charge is 0.238 e. The Kier molecular flexibility index (Phi) is 5.32. The molecule has 0 saturated carbocycles. The van der Waals surface area contributed by atoms with Gasteiger partial charge in [-0.25, -0.2) is 0 Å². The van der Waals surface area contributed by atoms with E-state index in [1.165, 1.54) is 0 Å². The number of nitrogens with zero attached hydrogens (tertiary/aromatic N) is 2. The van der Waals surface area contributed by atoms with E-state index in [2.05, 4.69) is 52.4 Å². The van der Waals surface area contributed by atoms with Crippen molar-refractivity contribution in [2.24, 2.45) is 0 Å².